The molecule has 0 heterocycles. The second-order valence-electron chi connectivity index (χ2n) is 6.08. The maximum absolute atomic E-state index is 10.9. The fourth-order valence-corrected chi connectivity index (χ4v) is 4.06. The molecule has 0 fully saturated rings. The standard InChI is InChI=1S/C12H10BrNO.C10H8BrN/c1-8(15)14-10-6-9-4-2-3-5-11(9)12(13)7-10;11-10-6-8(12)5-7-3-1-2-4-9(7)10/h2-7H,1H3,(H,14,15);1-6H,12H2. The highest BCUT2D eigenvalue weighted by atomic mass is 79.9. The van der Waals surface area contributed by atoms with Crippen molar-refractivity contribution in [1.82, 2.24) is 0 Å². The summed E-state index contributed by atoms with van der Waals surface area (Å²) in [5, 5.41) is 7.39. The summed E-state index contributed by atoms with van der Waals surface area (Å²) in [6, 6.07) is 23.9. The number of nitrogens with one attached hydrogen (secondary N) is 1. The number of anilines is 2. The van der Waals surface area contributed by atoms with Crippen LogP contribution in [0.1, 0.15) is 6.92 Å². The van der Waals surface area contributed by atoms with E-state index >= 15 is 0 Å². The lowest BCUT2D eigenvalue weighted by Crippen LogP contribution is -2.05. The molecule has 136 valence electrons. The van der Waals surface area contributed by atoms with Gasteiger partial charge in [-0.15, -0.1) is 0 Å². The second-order valence-corrected chi connectivity index (χ2v) is 7.79. The first kappa shape index (κ1) is 19.4. The molecule has 4 aromatic carbocycles. The van der Waals surface area contributed by atoms with Crippen molar-refractivity contribution in [2.24, 2.45) is 0 Å². The third kappa shape index (κ3) is 4.87. The van der Waals surface area contributed by atoms with Gasteiger partial charge in [0.15, 0.2) is 0 Å². The monoisotopic (exact) mass is 484 g/mol. The van der Waals surface area contributed by atoms with E-state index in [-0.39, 0.29) is 5.91 Å². The van der Waals surface area contributed by atoms with Crippen molar-refractivity contribution in [3.63, 3.8) is 0 Å². The van der Waals surface area contributed by atoms with E-state index in [4.69, 9.17) is 5.73 Å². The fraction of sp³-hybridized carbons (Fsp3) is 0.0455. The molecule has 0 spiro atoms. The Hall–Kier alpha value is -2.37. The van der Waals surface area contributed by atoms with Gasteiger partial charge in [-0.05, 0) is 45.8 Å². The van der Waals surface area contributed by atoms with Crippen LogP contribution >= 0.6 is 31.9 Å². The highest BCUT2D eigenvalue weighted by molar-refractivity contribution is 9.11. The van der Waals surface area contributed by atoms with Gasteiger partial charge in [0.1, 0.15) is 0 Å². The van der Waals surface area contributed by atoms with Gasteiger partial charge in [0.25, 0.3) is 0 Å². The molecule has 3 N–H and O–H groups in total. The summed E-state index contributed by atoms with van der Waals surface area (Å²) >= 11 is 6.95. The van der Waals surface area contributed by atoms with E-state index in [1.54, 1.807) is 0 Å². The number of carbonyl (C=O) groups excluding carboxylic acids is 1. The minimum absolute atomic E-state index is 0.0582. The predicted molar refractivity (Wildman–Crippen MR) is 122 cm³/mol. The molecule has 0 aliphatic carbocycles. The number of hydrogen-bond acceptors (Lipinski definition) is 2. The number of benzene rings is 4. The topological polar surface area (TPSA) is 55.1 Å². The Kier molecular flexibility index (Phi) is 6.14. The zero-order valence-corrected chi connectivity index (χ0v) is 17.8. The van der Waals surface area contributed by atoms with Crippen LogP contribution in [0.5, 0.6) is 0 Å². The highest BCUT2D eigenvalue weighted by Gasteiger charge is 2.02. The van der Waals surface area contributed by atoms with Crippen molar-refractivity contribution in [2.45, 2.75) is 6.92 Å². The van der Waals surface area contributed by atoms with E-state index < -0.39 is 0 Å². The average Bonchev–Trinajstić information content (AvgIpc) is 2.62. The van der Waals surface area contributed by atoms with E-state index in [1.807, 2.05) is 60.7 Å². The Balaban J connectivity index is 0.000000159. The molecule has 0 aliphatic rings. The Morgan fingerprint density at radius 3 is 1.93 bits per heavy atom. The second kappa shape index (κ2) is 8.55. The van der Waals surface area contributed by atoms with Crippen LogP contribution in [0.2, 0.25) is 0 Å². The first-order valence-corrected chi connectivity index (χ1v) is 9.92. The SMILES string of the molecule is CC(=O)Nc1cc(Br)c2ccccc2c1.Nc1cc(Br)c2ccccc2c1. The lowest BCUT2D eigenvalue weighted by Gasteiger charge is -2.06. The van der Waals surface area contributed by atoms with E-state index in [0.717, 1.165) is 31.1 Å². The van der Waals surface area contributed by atoms with Gasteiger partial charge < -0.3 is 11.1 Å². The van der Waals surface area contributed by atoms with Gasteiger partial charge in [0.2, 0.25) is 5.91 Å². The van der Waals surface area contributed by atoms with E-state index in [0.29, 0.717) is 0 Å². The van der Waals surface area contributed by atoms with Crippen LogP contribution in [0.25, 0.3) is 21.5 Å². The number of hydrogen-bond donors (Lipinski definition) is 2. The van der Waals surface area contributed by atoms with Gasteiger partial charge >= 0.3 is 0 Å². The maximum Gasteiger partial charge on any atom is 0.221 e. The average molecular weight is 486 g/mol. The zero-order chi connectivity index (χ0) is 19.4. The minimum Gasteiger partial charge on any atom is -0.399 e. The van der Waals surface area contributed by atoms with Gasteiger partial charge in [0.05, 0.1) is 0 Å². The molecular weight excluding hydrogens is 468 g/mol. The number of nitrogen functional groups attached to an aromatic ring is 1. The van der Waals surface area contributed by atoms with Crippen LogP contribution in [0.15, 0.2) is 81.7 Å². The summed E-state index contributed by atoms with van der Waals surface area (Å²) in [5.74, 6) is -0.0582. The number of nitrogens with two attached hydrogens (primary N) is 1. The van der Waals surface area contributed by atoms with Crippen LogP contribution in [0.4, 0.5) is 11.4 Å². The summed E-state index contributed by atoms with van der Waals surface area (Å²) in [5.41, 5.74) is 7.30. The molecule has 0 saturated heterocycles. The number of halogens is 2. The highest BCUT2D eigenvalue weighted by Crippen LogP contribution is 2.28. The summed E-state index contributed by atoms with van der Waals surface area (Å²) in [6.07, 6.45) is 0. The summed E-state index contributed by atoms with van der Waals surface area (Å²) in [7, 11) is 0. The molecule has 3 nitrogen and oxygen atoms in total. The summed E-state index contributed by atoms with van der Waals surface area (Å²) in [6.45, 7) is 1.50. The number of rotatable bonds is 1. The van der Waals surface area contributed by atoms with Crippen molar-refractivity contribution >= 4 is 70.7 Å². The molecule has 0 unspecified atom stereocenters. The van der Waals surface area contributed by atoms with Crippen LogP contribution in [-0.2, 0) is 4.79 Å². The first-order chi connectivity index (χ1) is 12.9. The molecule has 4 aromatic rings. The number of carbonyl (C=O) groups is 1. The van der Waals surface area contributed by atoms with Crippen LogP contribution in [0, 0.1) is 0 Å². The van der Waals surface area contributed by atoms with E-state index in [2.05, 4.69) is 49.3 Å². The molecule has 0 aliphatic heterocycles. The molecule has 4 rings (SSSR count). The number of amides is 1. The van der Waals surface area contributed by atoms with Gasteiger partial charge in [-0.2, -0.15) is 0 Å². The maximum atomic E-state index is 10.9. The molecule has 1 amide bonds. The van der Waals surface area contributed by atoms with Gasteiger partial charge in [0, 0.05) is 27.2 Å². The van der Waals surface area contributed by atoms with Crippen LogP contribution < -0.4 is 11.1 Å². The number of fused-ring (bicyclic) bond motifs is 2. The minimum atomic E-state index is -0.0582. The summed E-state index contributed by atoms with van der Waals surface area (Å²) in [4.78, 5) is 10.9. The Labute approximate surface area is 174 Å². The molecule has 0 bridgehead atoms. The predicted octanol–water partition coefficient (Wildman–Crippen LogP) is 6.75. The lowest BCUT2D eigenvalue weighted by molar-refractivity contribution is -0.114. The fourth-order valence-electron chi connectivity index (χ4n) is 2.82. The molecule has 27 heavy (non-hydrogen) atoms. The van der Waals surface area contributed by atoms with Crippen LogP contribution in [-0.4, -0.2) is 5.91 Å². The van der Waals surface area contributed by atoms with Gasteiger partial charge in [-0.1, -0.05) is 80.4 Å². The van der Waals surface area contributed by atoms with Gasteiger partial charge in [-0.25, -0.2) is 0 Å². The van der Waals surface area contributed by atoms with E-state index in [1.165, 1.54) is 17.7 Å². The molecule has 5 heteroatoms. The van der Waals surface area contributed by atoms with Crippen molar-refractivity contribution in [3.05, 3.63) is 81.7 Å². The molecule has 0 saturated carbocycles. The Morgan fingerprint density at radius 1 is 0.815 bits per heavy atom. The van der Waals surface area contributed by atoms with E-state index in [9.17, 15) is 4.79 Å². The van der Waals surface area contributed by atoms with Crippen molar-refractivity contribution in [1.29, 1.82) is 0 Å². The summed E-state index contributed by atoms with van der Waals surface area (Å²) < 4.78 is 2.04. The van der Waals surface area contributed by atoms with Gasteiger partial charge in [-0.3, -0.25) is 4.79 Å². The largest absolute Gasteiger partial charge is 0.399 e. The van der Waals surface area contributed by atoms with Crippen LogP contribution in [0.3, 0.4) is 0 Å². The Morgan fingerprint density at radius 2 is 1.33 bits per heavy atom. The first-order valence-electron chi connectivity index (χ1n) is 8.33. The third-order valence-corrected chi connectivity index (χ3v) is 5.28. The normalized spacial score (nSPS) is 10.3. The van der Waals surface area contributed by atoms with Crippen molar-refractivity contribution in [3.8, 4) is 0 Å². The Bertz CT molecular complexity index is 1130. The molecule has 0 aromatic heterocycles. The smallest absolute Gasteiger partial charge is 0.221 e. The molecular formula is C22H18Br2N2O. The lowest BCUT2D eigenvalue weighted by atomic mass is 10.1. The molecule has 0 atom stereocenters. The van der Waals surface area contributed by atoms with Crippen molar-refractivity contribution in [2.75, 3.05) is 11.1 Å². The third-order valence-electron chi connectivity index (χ3n) is 3.97. The quantitative estimate of drug-likeness (QED) is 0.293. The van der Waals surface area contributed by atoms with Crippen molar-refractivity contribution < 1.29 is 4.79 Å². The molecule has 0 radical (unpaired) electrons. The zero-order valence-electron chi connectivity index (χ0n) is 14.7.